The standard InChI is InChI=1S/C15H20N4O2S/c1-10(13(16)20)22-15-18-17-14(12-8-5-9-21-12)19(15)11-6-3-2-4-7-11/h5,8-11H,2-4,6-7H2,1H3,(H2,16,20)/t10-/m1/s1. The Morgan fingerprint density at radius 3 is 2.82 bits per heavy atom. The summed E-state index contributed by atoms with van der Waals surface area (Å²) in [6.45, 7) is 1.79. The highest BCUT2D eigenvalue weighted by molar-refractivity contribution is 8.00. The second-order valence-corrected chi connectivity index (χ2v) is 6.92. The molecular formula is C15H20N4O2S. The van der Waals surface area contributed by atoms with E-state index in [1.54, 1.807) is 13.2 Å². The van der Waals surface area contributed by atoms with Gasteiger partial charge in [0.25, 0.3) is 0 Å². The maximum Gasteiger partial charge on any atom is 0.230 e. The van der Waals surface area contributed by atoms with Crippen LogP contribution in [0.3, 0.4) is 0 Å². The molecule has 1 atom stereocenters. The SMILES string of the molecule is C[C@@H](Sc1nnc(-c2ccco2)n1C1CCCCC1)C(N)=O. The lowest BCUT2D eigenvalue weighted by Crippen LogP contribution is -2.23. The predicted molar refractivity (Wildman–Crippen MR) is 84.4 cm³/mol. The van der Waals surface area contributed by atoms with Gasteiger partial charge < -0.3 is 10.2 Å². The quantitative estimate of drug-likeness (QED) is 0.856. The number of carbonyl (C=O) groups excluding carboxylic acids is 1. The van der Waals surface area contributed by atoms with Gasteiger partial charge in [0.1, 0.15) is 0 Å². The third kappa shape index (κ3) is 3.04. The third-order valence-electron chi connectivity index (χ3n) is 4.03. The summed E-state index contributed by atoms with van der Waals surface area (Å²) in [5.41, 5.74) is 5.38. The van der Waals surface area contributed by atoms with Crippen molar-refractivity contribution in [3.8, 4) is 11.6 Å². The lowest BCUT2D eigenvalue weighted by molar-refractivity contribution is -0.117. The maximum atomic E-state index is 11.4. The van der Waals surface area contributed by atoms with E-state index in [4.69, 9.17) is 10.2 Å². The predicted octanol–water partition coefficient (Wildman–Crippen LogP) is 3.01. The Hall–Kier alpha value is -1.76. The van der Waals surface area contributed by atoms with Crippen LogP contribution >= 0.6 is 11.8 Å². The van der Waals surface area contributed by atoms with Crippen LogP contribution in [0.1, 0.15) is 45.1 Å². The minimum absolute atomic E-state index is 0.337. The highest BCUT2D eigenvalue weighted by atomic mass is 32.2. The number of furan rings is 1. The number of carbonyl (C=O) groups is 1. The van der Waals surface area contributed by atoms with E-state index in [0.717, 1.165) is 23.8 Å². The summed E-state index contributed by atoms with van der Waals surface area (Å²) in [4.78, 5) is 11.4. The van der Waals surface area contributed by atoms with Gasteiger partial charge >= 0.3 is 0 Å². The molecule has 2 aromatic heterocycles. The van der Waals surface area contributed by atoms with Crippen molar-refractivity contribution in [1.29, 1.82) is 0 Å². The van der Waals surface area contributed by atoms with Crippen LogP contribution in [0.15, 0.2) is 28.0 Å². The third-order valence-corrected chi connectivity index (χ3v) is 5.10. The first-order valence-electron chi connectivity index (χ1n) is 7.61. The summed E-state index contributed by atoms with van der Waals surface area (Å²) in [6.07, 6.45) is 7.52. The highest BCUT2D eigenvalue weighted by Gasteiger charge is 2.26. The summed E-state index contributed by atoms with van der Waals surface area (Å²) >= 11 is 1.36. The van der Waals surface area contributed by atoms with Gasteiger partial charge in [0, 0.05) is 6.04 Å². The van der Waals surface area contributed by atoms with Crippen molar-refractivity contribution >= 4 is 17.7 Å². The van der Waals surface area contributed by atoms with Crippen molar-refractivity contribution in [1.82, 2.24) is 14.8 Å². The molecule has 0 spiro atoms. The fraction of sp³-hybridized carbons (Fsp3) is 0.533. The second-order valence-electron chi connectivity index (χ2n) is 5.61. The molecule has 0 aromatic carbocycles. The van der Waals surface area contributed by atoms with E-state index in [9.17, 15) is 4.79 Å². The van der Waals surface area contributed by atoms with Crippen LogP contribution in [0.4, 0.5) is 0 Å². The monoisotopic (exact) mass is 320 g/mol. The Bertz CT molecular complexity index is 632. The van der Waals surface area contributed by atoms with Crippen LogP contribution in [-0.4, -0.2) is 25.9 Å². The largest absolute Gasteiger partial charge is 0.461 e. The van der Waals surface area contributed by atoms with Gasteiger partial charge in [0.05, 0.1) is 11.5 Å². The van der Waals surface area contributed by atoms with Crippen molar-refractivity contribution in [2.75, 3.05) is 0 Å². The first-order valence-corrected chi connectivity index (χ1v) is 8.49. The molecule has 0 unspecified atom stereocenters. The molecule has 1 fully saturated rings. The number of hydrogen-bond donors (Lipinski definition) is 1. The normalized spacial score (nSPS) is 17.5. The van der Waals surface area contributed by atoms with Crippen LogP contribution in [0.25, 0.3) is 11.6 Å². The zero-order valence-electron chi connectivity index (χ0n) is 12.6. The van der Waals surface area contributed by atoms with Crippen molar-refractivity contribution in [2.45, 2.75) is 55.5 Å². The van der Waals surface area contributed by atoms with Gasteiger partial charge in [-0.15, -0.1) is 10.2 Å². The number of thioether (sulfide) groups is 1. The minimum Gasteiger partial charge on any atom is -0.461 e. The number of nitrogens with zero attached hydrogens (tertiary/aromatic N) is 3. The molecule has 6 nitrogen and oxygen atoms in total. The average molecular weight is 320 g/mol. The van der Waals surface area contributed by atoms with Gasteiger partial charge in [-0.05, 0) is 31.9 Å². The number of hydrogen-bond acceptors (Lipinski definition) is 5. The molecule has 1 saturated carbocycles. The molecule has 1 aliphatic carbocycles. The fourth-order valence-corrected chi connectivity index (χ4v) is 3.69. The highest BCUT2D eigenvalue weighted by Crippen LogP contribution is 2.36. The Morgan fingerprint density at radius 2 is 2.18 bits per heavy atom. The van der Waals surface area contributed by atoms with Crippen molar-refractivity contribution in [3.63, 3.8) is 0 Å². The van der Waals surface area contributed by atoms with E-state index in [2.05, 4.69) is 14.8 Å². The fourth-order valence-electron chi connectivity index (χ4n) is 2.82. The first kappa shape index (κ1) is 15.1. The molecule has 118 valence electrons. The maximum absolute atomic E-state index is 11.4. The second kappa shape index (κ2) is 6.56. The summed E-state index contributed by atoms with van der Waals surface area (Å²) in [5, 5.41) is 8.97. The van der Waals surface area contributed by atoms with E-state index in [1.807, 2.05) is 12.1 Å². The molecule has 2 N–H and O–H groups in total. The average Bonchev–Trinajstić information content (AvgIpc) is 3.16. The van der Waals surface area contributed by atoms with Gasteiger partial charge in [-0.25, -0.2) is 0 Å². The zero-order chi connectivity index (χ0) is 15.5. The van der Waals surface area contributed by atoms with Gasteiger partial charge in [-0.2, -0.15) is 0 Å². The first-order chi connectivity index (χ1) is 10.7. The summed E-state index contributed by atoms with van der Waals surface area (Å²) < 4.78 is 7.62. The molecule has 0 saturated heterocycles. The number of nitrogens with two attached hydrogens (primary N) is 1. The van der Waals surface area contributed by atoms with Gasteiger partial charge in [0.15, 0.2) is 10.9 Å². The molecule has 2 aromatic rings. The Balaban J connectivity index is 1.97. The van der Waals surface area contributed by atoms with Crippen LogP contribution in [0.5, 0.6) is 0 Å². The molecule has 1 aliphatic rings. The van der Waals surface area contributed by atoms with Crippen molar-refractivity contribution < 1.29 is 9.21 Å². The molecule has 7 heteroatoms. The van der Waals surface area contributed by atoms with Crippen molar-refractivity contribution in [3.05, 3.63) is 18.4 Å². The van der Waals surface area contributed by atoms with E-state index in [0.29, 0.717) is 11.8 Å². The molecule has 1 amide bonds. The number of amides is 1. The Kier molecular flexibility index (Phi) is 4.52. The van der Waals surface area contributed by atoms with Crippen LogP contribution in [0.2, 0.25) is 0 Å². The van der Waals surface area contributed by atoms with Gasteiger partial charge in [0.2, 0.25) is 11.7 Å². The van der Waals surface area contributed by atoms with Crippen LogP contribution in [0, 0.1) is 0 Å². The number of rotatable bonds is 5. The molecular weight excluding hydrogens is 300 g/mol. The molecule has 0 bridgehead atoms. The summed E-state index contributed by atoms with van der Waals surface area (Å²) in [7, 11) is 0. The van der Waals surface area contributed by atoms with Crippen LogP contribution in [-0.2, 0) is 4.79 Å². The zero-order valence-corrected chi connectivity index (χ0v) is 13.4. The van der Waals surface area contributed by atoms with E-state index in [-0.39, 0.29) is 11.2 Å². The van der Waals surface area contributed by atoms with Gasteiger partial charge in [-0.3, -0.25) is 9.36 Å². The lowest BCUT2D eigenvalue weighted by Gasteiger charge is -2.25. The molecule has 22 heavy (non-hydrogen) atoms. The minimum atomic E-state index is -0.345. The van der Waals surface area contributed by atoms with Gasteiger partial charge in [-0.1, -0.05) is 31.0 Å². The van der Waals surface area contributed by atoms with E-state index >= 15 is 0 Å². The Morgan fingerprint density at radius 1 is 1.41 bits per heavy atom. The van der Waals surface area contributed by atoms with Crippen molar-refractivity contribution in [2.24, 2.45) is 5.73 Å². The van der Waals surface area contributed by atoms with Crippen LogP contribution < -0.4 is 5.73 Å². The summed E-state index contributed by atoms with van der Waals surface area (Å²) in [6, 6.07) is 4.08. The smallest absolute Gasteiger partial charge is 0.230 e. The van der Waals surface area contributed by atoms with E-state index in [1.165, 1.54) is 31.0 Å². The molecule has 3 rings (SSSR count). The molecule has 0 radical (unpaired) electrons. The number of aromatic nitrogens is 3. The van der Waals surface area contributed by atoms with E-state index < -0.39 is 0 Å². The number of primary amides is 1. The summed E-state index contributed by atoms with van der Waals surface area (Å²) in [5.74, 6) is 1.09. The molecule has 0 aliphatic heterocycles. The molecule has 2 heterocycles. The topological polar surface area (TPSA) is 86.9 Å². The lowest BCUT2D eigenvalue weighted by atomic mass is 9.95. The Labute approximate surface area is 133 Å².